The molecule has 0 aromatic heterocycles. The van der Waals surface area contributed by atoms with E-state index >= 15 is 0 Å². The Bertz CT molecular complexity index is 562. The van der Waals surface area contributed by atoms with Crippen molar-refractivity contribution in [3.05, 3.63) is 23.8 Å². The molecule has 5 aliphatic carbocycles. The summed E-state index contributed by atoms with van der Waals surface area (Å²) in [5, 5.41) is 0. The minimum Gasteiger partial charge on any atom is -0.236 e. The average molecular weight is 278 g/mol. The Labute approximate surface area is 104 Å². The zero-order chi connectivity index (χ0) is 13.6. The van der Waals surface area contributed by atoms with Crippen LogP contribution in [-0.2, 0) is 0 Å². The van der Waals surface area contributed by atoms with Gasteiger partial charge in [-0.1, -0.05) is 12.2 Å². The molecule has 0 aromatic carbocycles. The third-order valence-corrected chi connectivity index (χ3v) is 6.18. The number of hydrogen-bond donors (Lipinski definition) is 0. The van der Waals surface area contributed by atoms with Crippen molar-refractivity contribution in [1.29, 1.82) is 0 Å². The molecule has 2 bridgehead atoms. The van der Waals surface area contributed by atoms with Crippen molar-refractivity contribution >= 4 is 0 Å². The fourth-order valence-corrected chi connectivity index (χ4v) is 5.56. The first-order chi connectivity index (χ1) is 8.78. The molecule has 0 radical (unpaired) electrons. The predicted octanol–water partition coefficient (Wildman–Crippen LogP) is 3.45. The molecule has 5 rings (SSSR count). The molecule has 19 heavy (non-hydrogen) atoms. The molecular formula is C13H8F6. The van der Waals surface area contributed by atoms with Crippen LogP contribution >= 0.6 is 0 Å². The third-order valence-electron chi connectivity index (χ3n) is 6.18. The van der Waals surface area contributed by atoms with Crippen molar-refractivity contribution in [1.82, 2.24) is 0 Å². The maximum absolute atomic E-state index is 14.8. The maximum Gasteiger partial charge on any atom is 0.245 e. The first-order valence-electron chi connectivity index (χ1n) is 6.28. The van der Waals surface area contributed by atoms with Crippen LogP contribution in [0.4, 0.5) is 26.3 Å². The van der Waals surface area contributed by atoms with Gasteiger partial charge >= 0.3 is 0 Å². The van der Waals surface area contributed by atoms with Crippen LogP contribution in [0.5, 0.6) is 0 Å². The van der Waals surface area contributed by atoms with E-state index < -0.39 is 58.0 Å². The quantitative estimate of drug-likeness (QED) is 0.470. The molecule has 0 nitrogen and oxygen atoms in total. The van der Waals surface area contributed by atoms with Gasteiger partial charge in [0, 0.05) is 11.8 Å². The Morgan fingerprint density at radius 1 is 0.789 bits per heavy atom. The van der Waals surface area contributed by atoms with E-state index in [0.29, 0.717) is 6.42 Å². The highest BCUT2D eigenvalue weighted by molar-refractivity contribution is 5.67. The monoisotopic (exact) mass is 278 g/mol. The molecule has 3 saturated carbocycles. The highest BCUT2D eigenvalue weighted by Crippen LogP contribution is 2.91. The van der Waals surface area contributed by atoms with Crippen molar-refractivity contribution in [2.45, 2.75) is 29.1 Å². The van der Waals surface area contributed by atoms with Crippen LogP contribution in [0.25, 0.3) is 0 Å². The molecule has 0 heterocycles. The molecular weight excluding hydrogens is 270 g/mol. The minimum absolute atomic E-state index is 0.405. The van der Waals surface area contributed by atoms with Crippen LogP contribution in [0, 0.1) is 23.7 Å². The highest BCUT2D eigenvalue weighted by Gasteiger charge is 3.11. The standard InChI is InChI=1S/C13H8F6/c14-8-9(15)13(19)11(17)7-5-2-1-4(3-5)6(7)10(11,16)12(8,13)18/h1-2,4-7H,3H2/t4-,5+,6+,7-,10+,11-,12-,13+. The van der Waals surface area contributed by atoms with Gasteiger partial charge in [-0.15, -0.1) is 0 Å². The maximum atomic E-state index is 14.8. The molecule has 8 atom stereocenters. The van der Waals surface area contributed by atoms with Crippen molar-refractivity contribution in [3.63, 3.8) is 0 Å². The minimum atomic E-state index is -3.77. The topological polar surface area (TPSA) is 0 Å². The number of alkyl halides is 4. The van der Waals surface area contributed by atoms with Crippen molar-refractivity contribution in [2.75, 3.05) is 0 Å². The van der Waals surface area contributed by atoms with Gasteiger partial charge in [-0.25, -0.2) is 26.3 Å². The Morgan fingerprint density at radius 2 is 1.16 bits per heavy atom. The normalized spacial score (nSPS) is 70.8. The largest absolute Gasteiger partial charge is 0.245 e. The molecule has 0 unspecified atom stereocenters. The highest BCUT2D eigenvalue weighted by atomic mass is 19.2. The summed E-state index contributed by atoms with van der Waals surface area (Å²) in [6.07, 6.45) is 3.69. The van der Waals surface area contributed by atoms with E-state index in [9.17, 15) is 26.3 Å². The van der Waals surface area contributed by atoms with Gasteiger partial charge in [-0.05, 0) is 18.3 Å². The predicted molar refractivity (Wildman–Crippen MR) is 52.3 cm³/mol. The van der Waals surface area contributed by atoms with Crippen molar-refractivity contribution < 1.29 is 26.3 Å². The number of halogens is 6. The summed E-state index contributed by atoms with van der Waals surface area (Å²) in [7, 11) is 0. The van der Waals surface area contributed by atoms with Gasteiger partial charge in [0.1, 0.15) is 0 Å². The summed E-state index contributed by atoms with van der Waals surface area (Å²) in [4.78, 5) is 0. The second-order valence-corrected chi connectivity index (χ2v) is 6.37. The van der Waals surface area contributed by atoms with E-state index in [1.807, 2.05) is 0 Å². The summed E-state index contributed by atoms with van der Waals surface area (Å²) in [6, 6.07) is 0. The number of hydrogen-bond acceptors (Lipinski definition) is 0. The van der Waals surface area contributed by atoms with Gasteiger partial charge in [0.05, 0.1) is 0 Å². The molecule has 6 heteroatoms. The van der Waals surface area contributed by atoms with Gasteiger partial charge in [0.2, 0.25) is 11.3 Å². The average Bonchev–Trinajstić information content (AvgIpc) is 3.00. The zero-order valence-electron chi connectivity index (χ0n) is 9.44. The SMILES string of the molecule is FC1=C(F)[C@]2(F)[C@@]1(F)[C@@]1(F)[C@H]3[C@H]([C@@H]4C=C[C@H]3C4)[C@@]21F. The van der Waals surface area contributed by atoms with Crippen LogP contribution in [0.2, 0.25) is 0 Å². The molecule has 3 fully saturated rings. The van der Waals surface area contributed by atoms with E-state index in [-0.39, 0.29) is 0 Å². The smallest absolute Gasteiger partial charge is 0.236 e. The fraction of sp³-hybridized carbons (Fsp3) is 0.692. The summed E-state index contributed by atoms with van der Waals surface area (Å²) in [5.41, 5.74) is -14.1. The van der Waals surface area contributed by atoms with E-state index in [0.717, 1.165) is 0 Å². The Balaban J connectivity index is 1.77. The lowest BCUT2D eigenvalue weighted by atomic mass is 9.26. The van der Waals surface area contributed by atoms with Gasteiger partial charge in [-0.2, -0.15) is 0 Å². The van der Waals surface area contributed by atoms with E-state index in [2.05, 4.69) is 0 Å². The molecule has 5 aliphatic rings. The Kier molecular flexibility index (Phi) is 1.29. The van der Waals surface area contributed by atoms with Gasteiger partial charge in [-0.3, -0.25) is 0 Å². The van der Waals surface area contributed by atoms with E-state index in [1.165, 1.54) is 0 Å². The summed E-state index contributed by atoms with van der Waals surface area (Å²) in [6.45, 7) is 0. The lowest BCUT2D eigenvalue weighted by Crippen LogP contribution is -3.03. The second kappa shape index (κ2) is 2.27. The van der Waals surface area contributed by atoms with Crippen molar-refractivity contribution in [3.8, 4) is 0 Å². The Hall–Kier alpha value is -0.940. The second-order valence-electron chi connectivity index (χ2n) is 6.37. The van der Waals surface area contributed by atoms with E-state index in [1.54, 1.807) is 12.2 Å². The first-order valence-corrected chi connectivity index (χ1v) is 6.28. The Morgan fingerprint density at radius 3 is 1.53 bits per heavy atom. The molecule has 0 saturated heterocycles. The molecule has 0 amide bonds. The molecule has 102 valence electrons. The zero-order valence-corrected chi connectivity index (χ0v) is 9.44. The number of fused-ring (bicyclic) bond motifs is 11. The number of rotatable bonds is 0. The van der Waals surface area contributed by atoms with Gasteiger partial charge < -0.3 is 0 Å². The summed E-state index contributed by atoms with van der Waals surface area (Å²) < 4.78 is 84.7. The lowest BCUT2D eigenvalue weighted by molar-refractivity contribution is -0.446. The van der Waals surface area contributed by atoms with Gasteiger partial charge in [0.25, 0.3) is 0 Å². The van der Waals surface area contributed by atoms with Crippen LogP contribution < -0.4 is 0 Å². The van der Waals surface area contributed by atoms with Crippen LogP contribution in [0.1, 0.15) is 6.42 Å². The van der Waals surface area contributed by atoms with Crippen LogP contribution in [0.15, 0.2) is 23.8 Å². The van der Waals surface area contributed by atoms with Gasteiger partial charge in [0.15, 0.2) is 23.0 Å². The lowest BCUT2D eigenvalue weighted by Gasteiger charge is -2.80. The fourth-order valence-electron chi connectivity index (χ4n) is 5.56. The van der Waals surface area contributed by atoms with E-state index in [4.69, 9.17) is 0 Å². The molecule has 0 N–H and O–H groups in total. The molecule has 0 aromatic rings. The molecule has 0 aliphatic heterocycles. The van der Waals surface area contributed by atoms with Crippen molar-refractivity contribution in [2.24, 2.45) is 23.7 Å². The molecule has 0 spiro atoms. The third kappa shape index (κ3) is 0.548. The first kappa shape index (κ1) is 10.8. The summed E-state index contributed by atoms with van der Waals surface area (Å²) in [5.74, 6) is -7.18. The van der Waals surface area contributed by atoms with Crippen LogP contribution in [0.3, 0.4) is 0 Å². The number of allylic oxidation sites excluding steroid dienone is 4. The van der Waals surface area contributed by atoms with Crippen LogP contribution in [-0.4, -0.2) is 22.7 Å². The summed E-state index contributed by atoms with van der Waals surface area (Å²) >= 11 is 0.